The van der Waals surface area contributed by atoms with E-state index in [1.54, 1.807) is 0 Å². The minimum absolute atomic E-state index is 0.0119. The number of rotatable bonds is 2. The maximum Gasteiger partial charge on any atom is 0.257 e. The van der Waals surface area contributed by atoms with E-state index in [4.69, 9.17) is 0 Å². The molecule has 1 fully saturated rings. The standard InChI is InChI=1S/C11H11F2NO2S/c12-7-3-8(13)5-9(4-7)14-10(15)11(16)1-2-17-6-11/h3-5,16H,1-2,6H2,(H,14,15). The highest BCUT2D eigenvalue weighted by molar-refractivity contribution is 7.99. The average Bonchev–Trinajstić information content (AvgIpc) is 2.64. The van der Waals surface area contributed by atoms with Crippen molar-refractivity contribution in [2.24, 2.45) is 0 Å². The third-order valence-corrected chi connectivity index (χ3v) is 3.72. The largest absolute Gasteiger partial charge is 0.379 e. The second kappa shape index (κ2) is 4.62. The van der Waals surface area contributed by atoms with Crippen molar-refractivity contribution in [3.63, 3.8) is 0 Å². The highest BCUT2D eigenvalue weighted by Gasteiger charge is 2.39. The number of aliphatic hydroxyl groups is 1. The van der Waals surface area contributed by atoms with Gasteiger partial charge in [-0.2, -0.15) is 11.8 Å². The molecule has 0 aromatic heterocycles. The molecule has 1 aliphatic rings. The SMILES string of the molecule is O=C(Nc1cc(F)cc(F)c1)C1(O)CCSC1. The topological polar surface area (TPSA) is 49.3 Å². The van der Waals surface area contributed by atoms with Crippen molar-refractivity contribution in [1.29, 1.82) is 0 Å². The molecular weight excluding hydrogens is 248 g/mol. The van der Waals surface area contributed by atoms with Crippen LogP contribution >= 0.6 is 11.8 Å². The van der Waals surface area contributed by atoms with E-state index < -0.39 is 23.1 Å². The summed E-state index contributed by atoms with van der Waals surface area (Å²) in [7, 11) is 0. The lowest BCUT2D eigenvalue weighted by molar-refractivity contribution is -0.131. The molecule has 1 heterocycles. The first-order valence-electron chi connectivity index (χ1n) is 5.07. The molecule has 0 spiro atoms. The van der Waals surface area contributed by atoms with Crippen molar-refractivity contribution >= 4 is 23.4 Å². The number of benzene rings is 1. The second-order valence-electron chi connectivity index (χ2n) is 3.95. The molecule has 0 saturated carbocycles. The van der Waals surface area contributed by atoms with Crippen molar-refractivity contribution in [3.05, 3.63) is 29.8 Å². The van der Waals surface area contributed by atoms with E-state index in [2.05, 4.69) is 5.32 Å². The van der Waals surface area contributed by atoms with Crippen LogP contribution < -0.4 is 5.32 Å². The Bertz CT molecular complexity index is 427. The van der Waals surface area contributed by atoms with Gasteiger partial charge < -0.3 is 10.4 Å². The van der Waals surface area contributed by atoms with E-state index in [0.29, 0.717) is 17.9 Å². The summed E-state index contributed by atoms with van der Waals surface area (Å²) in [5, 5.41) is 12.3. The Morgan fingerprint density at radius 2 is 2.00 bits per heavy atom. The summed E-state index contributed by atoms with van der Waals surface area (Å²) < 4.78 is 25.8. The van der Waals surface area contributed by atoms with Gasteiger partial charge in [-0.25, -0.2) is 8.78 Å². The van der Waals surface area contributed by atoms with Gasteiger partial charge >= 0.3 is 0 Å². The van der Waals surface area contributed by atoms with Crippen LogP contribution in [0.25, 0.3) is 0 Å². The fourth-order valence-corrected chi connectivity index (χ4v) is 2.85. The number of carbonyl (C=O) groups is 1. The molecule has 3 nitrogen and oxygen atoms in total. The molecule has 1 saturated heterocycles. The number of hydrogen-bond donors (Lipinski definition) is 2. The van der Waals surface area contributed by atoms with E-state index in [9.17, 15) is 18.7 Å². The molecule has 0 radical (unpaired) electrons. The van der Waals surface area contributed by atoms with Gasteiger partial charge in [-0.1, -0.05) is 0 Å². The van der Waals surface area contributed by atoms with Crippen LogP contribution in [-0.2, 0) is 4.79 Å². The predicted molar refractivity (Wildman–Crippen MR) is 61.9 cm³/mol. The van der Waals surface area contributed by atoms with E-state index >= 15 is 0 Å². The van der Waals surface area contributed by atoms with Gasteiger partial charge in [0.1, 0.15) is 11.6 Å². The van der Waals surface area contributed by atoms with Gasteiger partial charge in [0.05, 0.1) is 0 Å². The molecule has 1 amide bonds. The lowest BCUT2D eigenvalue weighted by atomic mass is 10.0. The van der Waals surface area contributed by atoms with Crippen molar-refractivity contribution in [2.45, 2.75) is 12.0 Å². The van der Waals surface area contributed by atoms with Crippen LogP contribution in [0.1, 0.15) is 6.42 Å². The summed E-state index contributed by atoms with van der Waals surface area (Å²) in [6, 6.07) is 2.73. The maximum absolute atomic E-state index is 12.9. The molecule has 1 atom stereocenters. The number of thioether (sulfide) groups is 1. The normalized spacial score (nSPS) is 23.7. The van der Waals surface area contributed by atoms with Crippen molar-refractivity contribution in [2.75, 3.05) is 16.8 Å². The number of nitrogens with one attached hydrogen (secondary N) is 1. The number of anilines is 1. The van der Waals surface area contributed by atoms with Crippen LogP contribution in [0.4, 0.5) is 14.5 Å². The molecule has 1 unspecified atom stereocenters. The maximum atomic E-state index is 12.9. The molecule has 2 N–H and O–H groups in total. The highest BCUT2D eigenvalue weighted by Crippen LogP contribution is 2.29. The van der Waals surface area contributed by atoms with E-state index in [1.807, 2.05) is 0 Å². The van der Waals surface area contributed by atoms with Crippen molar-refractivity contribution in [1.82, 2.24) is 0 Å². The Hall–Kier alpha value is -1.14. The van der Waals surface area contributed by atoms with Crippen LogP contribution in [0.15, 0.2) is 18.2 Å². The zero-order chi connectivity index (χ0) is 12.5. The van der Waals surface area contributed by atoms with Crippen LogP contribution in [0.3, 0.4) is 0 Å². The molecule has 6 heteroatoms. The Balaban J connectivity index is 2.12. The molecule has 0 bridgehead atoms. The Morgan fingerprint density at radius 1 is 1.35 bits per heavy atom. The average molecular weight is 259 g/mol. The van der Waals surface area contributed by atoms with Crippen molar-refractivity contribution < 1.29 is 18.7 Å². The summed E-state index contributed by atoms with van der Waals surface area (Å²) >= 11 is 1.47. The smallest absolute Gasteiger partial charge is 0.257 e. The molecule has 92 valence electrons. The number of halogens is 2. The summed E-state index contributed by atoms with van der Waals surface area (Å²) in [5.41, 5.74) is -1.43. The van der Waals surface area contributed by atoms with Gasteiger partial charge in [0.15, 0.2) is 5.60 Å². The number of hydrogen-bond acceptors (Lipinski definition) is 3. The lowest BCUT2D eigenvalue weighted by Gasteiger charge is -2.20. The molecular formula is C11H11F2NO2S. The molecule has 2 rings (SSSR count). The third-order valence-electron chi connectivity index (χ3n) is 2.54. The van der Waals surface area contributed by atoms with Crippen LogP contribution in [-0.4, -0.2) is 28.1 Å². The predicted octanol–water partition coefficient (Wildman–Crippen LogP) is 1.77. The third kappa shape index (κ3) is 2.76. The fraction of sp³-hybridized carbons (Fsp3) is 0.364. The molecule has 17 heavy (non-hydrogen) atoms. The molecule has 1 aromatic rings. The summed E-state index contributed by atoms with van der Waals surface area (Å²) in [6.07, 6.45) is 0.349. The molecule has 1 aliphatic heterocycles. The monoisotopic (exact) mass is 259 g/mol. The highest BCUT2D eigenvalue weighted by atomic mass is 32.2. The molecule has 0 aliphatic carbocycles. The summed E-state index contributed by atoms with van der Waals surface area (Å²) in [5.74, 6) is -1.16. The minimum Gasteiger partial charge on any atom is -0.379 e. The van der Waals surface area contributed by atoms with Gasteiger partial charge in [0.2, 0.25) is 0 Å². The Labute approximate surface area is 101 Å². The van der Waals surface area contributed by atoms with E-state index in [1.165, 1.54) is 11.8 Å². The quantitative estimate of drug-likeness (QED) is 0.851. The van der Waals surface area contributed by atoms with Gasteiger partial charge in [0, 0.05) is 17.5 Å². The van der Waals surface area contributed by atoms with Gasteiger partial charge in [0.25, 0.3) is 5.91 Å². The van der Waals surface area contributed by atoms with Crippen LogP contribution in [0, 0.1) is 11.6 Å². The Morgan fingerprint density at radius 3 is 2.53 bits per heavy atom. The van der Waals surface area contributed by atoms with Crippen LogP contribution in [0.2, 0.25) is 0 Å². The zero-order valence-corrected chi connectivity index (χ0v) is 9.69. The van der Waals surface area contributed by atoms with Gasteiger partial charge in [-0.3, -0.25) is 4.79 Å². The van der Waals surface area contributed by atoms with Crippen molar-refractivity contribution in [3.8, 4) is 0 Å². The van der Waals surface area contributed by atoms with Crippen LogP contribution in [0.5, 0.6) is 0 Å². The summed E-state index contributed by atoms with van der Waals surface area (Å²) in [6.45, 7) is 0. The van der Waals surface area contributed by atoms with E-state index in [0.717, 1.165) is 18.2 Å². The summed E-state index contributed by atoms with van der Waals surface area (Å²) in [4.78, 5) is 11.7. The van der Waals surface area contributed by atoms with Gasteiger partial charge in [-0.05, 0) is 24.3 Å². The first kappa shape index (κ1) is 12.3. The minimum atomic E-state index is -1.44. The second-order valence-corrected chi connectivity index (χ2v) is 5.05. The Kier molecular flexibility index (Phi) is 3.35. The zero-order valence-electron chi connectivity index (χ0n) is 8.87. The van der Waals surface area contributed by atoms with Gasteiger partial charge in [-0.15, -0.1) is 0 Å². The molecule has 1 aromatic carbocycles. The number of amides is 1. The lowest BCUT2D eigenvalue weighted by Crippen LogP contribution is -2.42. The van der Waals surface area contributed by atoms with E-state index in [-0.39, 0.29) is 5.69 Å². The number of carbonyl (C=O) groups excluding carboxylic acids is 1. The fourth-order valence-electron chi connectivity index (χ4n) is 1.61. The first-order valence-corrected chi connectivity index (χ1v) is 6.23. The first-order chi connectivity index (χ1) is 7.99.